The lowest BCUT2D eigenvalue weighted by Gasteiger charge is -2.18. The quantitative estimate of drug-likeness (QED) is 0.377. The molecule has 0 aromatic heterocycles. The molecule has 1 heterocycles. The smallest absolute Gasteiger partial charge is 0.185 e. The van der Waals surface area contributed by atoms with Crippen LogP contribution >= 0.6 is 11.8 Å². The van der Waals surface area contributed by atoms with Crippen LogP contribution < -0.4 is 10.4 Å². The van der Waals surface area contributed by atoms with E-state index in [9.17, 15) is 10.1 Å². The number of carbonyl (C=O) groups is 1. The van der Waals surface area contributed by atoms with Crippen LogP contribution in [-0.2, 0) is 4.79 Å². The van der Waals surface area contributed by atoms with Gasteiger partial charge in [0, 0.05) is 36.8 Å². The Morgan fingerprint density at radius 1 is 0.829 bits per heavy atom. The minimum absolute atomic E-state index is 0.0587. The number of nitriles is 3. The summed E-state index contributed by atoms with van der Waals surface area (Å²) in [7, 11) is 0. The molecule has 1 aromatic rings. The third kappa shape index (κ3) is 10.5. The fourth-order valence-corrected chi connectivity index (χ4v) is 4.34. The fraction of sp³-hybridized carbons (Fsp3) is 0.379. The molecule has 0 atom stereocenters. The monoisotopic (exact) mass is 484 g/mol. The molecule has 0 bridgehead atoms. The number of nitrogens with zero attached hydrogens (tertiary/aromatic N) is 4. The van der Waals surface area contributed by atoms with Gasteiger partial charge in [0.1, 0.15) is 17.7 Å². The highest BCUT2D eigenvalue weighted by molar-refractivity contribution is 8.13. The van der Waals surface area contributed by atoms with E-state index < -0.39 is 0 Å². The van der Waals surface area contributed by atoms with Gasteiger partial charge in [-0.15, -0.1) is 0 Å². The van der Waals surface area contributed by atoms with Gasteiger partial charge in [-0.25, -0.2) is 0 Å². The molecule has 180 valence electrons. The number of thioether (sulfide) groups is 1. The molecule has 2 rings (SSSR count). The van der Waals surface area contributed by atoms with E-state index in [1.165, 1.54) is 50.3 Å². The van der Waals surface area contributed by atoms with Crippen molar-refractivity contribution in [2.24, 2.45) is 0 Å². The van der Waals surface area contributed by atoms with E-state index in [0.717, 1.165) is 35.9 Å². The normalized spacial score (nSPS) is 11.9. The van der Waals surface area contributed by atoms with Crippen LogP contribution in [0.3, 0.4) is 0 Å². The van der Waals surface area contributed by atoms with Gasteiger partial charge in [-0.2, -0.15) is 15.8 Å². The third-order valence-corrected chi connectivity index (χ3v) is 6.57. The van der Waals surface area contributed by atoms with Crippen LogP contribution in [-0.4, -0.2) is 22.3 Å². The molecule has 6 heteroatoms. The van der Waals surface area contributed by atoms with Gasteiger partial charge in [0.05, 0.1) is 11.6 Å². The molecule has 35 heavy (non-hydrogen) atoms. The number of hydrogen-bond acceptors (Lipinski definition) is 6. The molecule has 0 unspecified atom stereocenters. The van der Waals surface area contributed by atoms with Gasteiger partial charge < -0.3 is 4.90 Å². The van der Waals surface area contributed by atoms with E-state index in [1.807, 2.05) is 42.8 Å². The second-order valence-electron chi connectivity index (χ2n) is 8.38. The Balaban J connectivity index is 1.75. The summed E-state index contributed by atoms with van der Waals surface area (Å²) < 4.78 is 0. The Morgan fingerprint density at radius 3 is 1.91 bits per heavy atom. The Labute approximate surface area is 213 Å². The summed E-state index contributed by atoms with van der Waals surface area (Å²) in [6, 6.07) is 12.9. The minimum Gasteiger partial charge on any atom is -0.354 e. The first-order chi connectivity index (χ1) is 17.1. The van der Waals surface area contributed by atoms with Crippen LogP contribution in [0.25, 0.3) is 11.1 Å². The zero-order chi connectivity index (χ0) is 25.3. The van der Waals surface area contributed by atoms with Crippen molar-refractivity contribution in [3.8, 4) is 18.2 Å². The van der Waals surface area contributed by atoms with E-state index in [2.05, 4.69) is 11.0 Å². The van der Waals surface area contributed by atoms with E-state index in [-0.39, 0.29) is 10.7 Å². The van der Waals surface area contributed by atoms with E-state index >= 15 is 0 Å². The molecule has 0 saturated heterocycles. The molecular weight excluding hydrogens is 452 g/mol. The minimum atomic E-state index is 0.0587. The van der Waals surface area contributed by atoms with E-state index in [0.29, 0.717) is 10.8 Å². The largest absolute Gasteiger partial charge is 0.354 e. The van der Waals surface area contributed by atoms with Crippen molar-refractivity contribution in [3.63, 3.8) is 0 Å². The highest BCUT2D eigenvalue weighted by atomic mass is 32.2. The van der Waals surface area contributed by atoms with Gasteiger partial charge in [-0.3, -0.25) is 4.79 Å². The summed E-state index contributed by atoms with van der Waals surface area (Å²) in [6.45, 7) is 2.61. The van der Waals surface area contributed by atoms with E-state index in [4.69, 9.17) is 10.5 Å². The molecule has 0 aliphatic carbocycles. The number of benzene rings is 1. The molecule has 5 nitrogen and oxygen atoms in total. The highest BCUT2D eigenvalue weighted by Gasteiger charge is 2.03. The van der Waals surface area contributed by atoms with Crippen molar-refractivity contribution < 1.29 is 4.79 Å². The maximum Gasteiger partial charge on any atom is 0.185 e. The summed E-state index contributed by atoms with van der Waals surface area (Å²) in [5.41, 5.74) is 1.54. The number of unbranched alkanes of at least 4 members (excludes halogenated alkanes) is 7. The molecule has 0 fully saturated rings. The van der Waals surface area contributed by atoms with Crippen molar-refractivity contribution in [3.05, 3.63) is 70.9 Å². The SMILES string of the molecule is CC(=O)SCCCCCCCCCCN1C=CC(=CC(C#N)=c2ccc(=C(C#N)C#N)cc2)C=C1. The molecular formula is C29H32N4OS. The Bertz CT molecular complexity index is 1150. The van der Waals surface area contributed by atoms with Crippen molar-refractivity contribution in [1.82, 2.24) is 4.90 Å². The van der Waals surface area contributed by atoms with Crippen molar-refractivity contribution in [2.45, 2.75) is 58.3 Å². The van der Waals surface area contributed by atoms with E-state index in [1.54, 1.807) is 31.2 Å². The van der Waals surface area contributed by atoms with Crippen LogP contribution in [0.2, 0.25) is 0 Å². The first kappa shape index (κ1) is 27.7. The molecule has 1 aliphatic rings. The Morgan fingerprint density at radius 2 is 1.37 bits per heavy atom. The predicted octanol–water partition coefficient (Wildman–Crippen LogP) is 5.23. The topological polar surface area (TPSA) is 91.7 Å². The predicted molar refractivity (Wildman–Crippen MR) is 142 cm³/mol. The van der Waals surface area contributed by atoms with Crippen molar-refractivity contribution in [1.29, 1.82) is 15.8 Å². The molecule has 0 amide bonds. The van der Waals surface area contributed by atoms with Crippen LogP contribution in [0.4, 0.5) is 0 Å². The number of hydrogen-bond donors (Lipinski definition) is 0. The number of carbonyl (C=O) groups excluding carboxylic acids is 1. The molecule has 0 saturated carbocycles. The second-order valence-corrected chi connectivity index (χ2v) is 9.66. The van der Waals surface area contributed by atoms with Crippen molar-refractivity contribution in [2.75, 3.05) is 12.3 Å². The first-order valence-corrected chi connectivity index (χ1v) is 13.1. The lowest BCUT2D eigenvalue weighted by atomic mass is 10.1. The molecule has 0 spiro atoms. The number of allylic oxidation sites excluding steroid dienone is 4. The Kier molecular flexibility index (Phi) is 12.8. The average Bonchev–Trinajstić information content (AvgIpc) is 2.87. The van der Waals surface area contributed by atoms with Gasteiger partial charge in [-0.05, 0) is 41.9 Å². The van der Waals surface area contributed by atoms with Crippen molar-refractivity contribution >= 4 is 28.0 Å². The van der Waals surface area contributed by atoms with Gasteiger partial charge in [0.2, 0.25) is 0 Å². The average molecular weight is 485 g/mol. The van der Waals surface area contributed by atoms with Gasteiger partial charge in [-0.1, -0.05) is 74.6 Å². The lowest BCUT2D eigenvalue weighted by molar-refractivity contribution is -0.109. The zero-order valence-corrected chi connectivity index (χ0v) is 21.2. The zero-order valence-electron chi connectivity index (χ0n) is 20.4. The molecule has 0 radical (unpaired) electrons. The first-order valence-electron chi connectivity index (χ1n) is 12.1. The van der Waals surface area contributed by atoms with Crippen LogP contribution in [0, 0.1) is 34.0 Å². The van der Waals surface area contributed by atoms with Gasteiger partial charge in [0.25, 0.3) is 0 Å². The molecule has 1 aromatic carbocycles. The second kappa shape index (κ2) is 16.2. The summed E-state index contributed by atoms with van der Waals surface area (Å²) in [6.07, 6.45) is 19.8. The summed E-state index contributed by atoms with van der Waals surface area (Å²) in [5, 5.41) is 29.1. The molecule has 0 N–H and O–H groups in total. The lowest BCUT2D eigenvalue weighted by Crippen LogP contribution is -2.13. The summed E-state index contributed by atoms with van der Waals surface area (Å²) >= 11 is 1.43. The third-order valence-electron chi connectivity index (χ3n) is 5.67. The molecule has 1 aliphatic heterocycles. The standard InChI is InChI=1S/C29H32N4OS/c1-24(34)35-19-9-7-5-3-2-4-6-8-16-33-17-14-25(15-18-33)20-28(21-30)26-10-12-27(13-11-26)29(22-31)23-32/h10-15,17-18,20H,2-9,16,19H2,1H3. The Hall–Kier alpha value is -3.53. The summed E-state index contributed by atoms with van der Waals surface area (Å²) in [4.78, 5) is 13.1. The van der Waals surface area contributed by atoms with Crippen LogP contribution in [0.5, 0.6) is 0 Å². The number of rotatable bonds is 12. The summed E-state index contributed by atoms with van der Waals surface area (Å²) in [5.74, 6) is 0.957. The van der Waals surface area contributed by atoms with Crippen LogP contribution in [0.1, 0.15) is 58.3 Å². The van der Waals surface area contributed by atoms with Gasteiger partial charge >= 0.3 is 0 Å². The highest BCUT2D eigenvalue weighted by Crippen LogP contribution is 2.15. The van der Waals surface area contributed by atoms with Crippen LogP contribution in [0.15, 0.2) is 60.5 Å². The maximum absolute atomic E-state index is 10.9. The van der Waals surface area contributed by atoms with Gasteiger partial charge in [0.15, 0.2) is 5.12 Å². The fourth-order valence-electron chi connectivity index (χ4n) is 3.70. The maximum atomic E-state index is 10.9.